The number of nitro groups is 2. The van der Waals surface area contributed by atoms with E-state index in [1.54, 1.807) is 56.7 Å². The molecule has 0 radical (unpaired) electrons. The Labute approximate surface area is 861 Å². The number of hydrogen-bond donors (Lipinski definition) is 1. The number of nitro benzene ring substituents is 2. The smallest absolute Gasteiger partial charge is 0.269 e. The average molecular weight is 2020 g/mol. The molecule has 1 N–H and O–H groups in total. The number of non-ortho nitro benzene ring substituents is 2. The first-order valence-electron chi connectivity index (χ1n) is 49.3. The molecule has 12 aromatic carbocycles. The molecule has 0 aliphatic carbocycles. The summed E-state index contributed by atoms with van der Waals surface area (Å²) in [5.74, 6) is 4.75. The molecule has 7 aliphatic heterocycles. The Morgan fingerprint density at radius 1 is 0.357 bits per heavy atom. The monoisotopic (exact) mass is 2020 g/mol. The number of para-hydroxylation sites is 2. The number of aliphatic hydroxyl groups is 1. The predicted octanol–water partition coefficient (Wildman–Crippen LogP) is 20.6. The van der Waals surface area contributed by atoms with E-state index in [1.165, 1.54) is 62.7 Å². The maximum Gasteiger partial charge on any atom is 0.269 e. The first kappa shape index (κ1) is 107. The summed E-state index contributed by atoms with van der Waals surface area (Å²) in [6.07, 6.45) is -0.553. The van der Waals surface area contributed by atoms with E-state index < -0.39 is 6.10 Å². The van der Waals surface area contributed by atoms with Gasteiger partial charge in [0.1, 0.15) is 41.5 Å². The van der Waals surface area contributed by atoms with Crippen molar-refractivity contribution in [3.63, 3.8) is 0 Å². The van der Waals surface area contributed by atoms with Gasteiger partial charge in [0, 0.05) is 277 Å². The highest BCUT2D eigenvalue weighted by atomic mass is 35.5. The standard InChI is InChI=1S/C20H24Cl2N2O2.C20H25N3O4.C20H26N2O.C18H19ClN2O2.C18H21N3O2.C17H18ClFN2/c21-17-6-7-20(19(22)12-17)26-15-18(25)14-24-10-8-23(9-11-24)13-16-4-2-1-3-5-16;1-26-19-7-8-20(27-2)17(13-19)15-22-11-9-21(10-12-22)14-16-3-5-18(6-4-16)23(24)25;1-3-23-19-10-8-18(9-11-19)16-21-12-14-22(15-13-21)20-7-5-4-6-17(20)2;19-15-2-4-16(5-3-15)21-9-7-20(8-10-21)12-14-1-6-17-18(11-14)23-13-22-17;1-15-4-2-3-5-18(15)20-12-10-19(11-13-20)14-16-6-8-17(9-7-16)21(22)23;18-15-2-1-3-17(12-15)21-10-8-20(9-11-21)13-14-4-6-16(19)7-5-14/h1-7,12,18,25H,8-11,13-15H2;3-8,13H,9-12,14-15H2,1-2H3;4-11H,3,12-16H2,1-2H3;1-6,11H,7-10,12-13H2;2-9H,10-14H2,1H3;1-7,12H,8-11,13H2. The van der Waals surface area contributed by atoms with Crippen molar-refractivity contribution in [2.24, 2.45) is 0 Å². The van der Waals surface area contributed by atoms with Crippen LogP contribution in [-0.2, 0) is 45.8 Å². The van der Waals surface area contributed by atoms with Gasteiger partial charge in [-0.2, -0.15) is 0 Å². The van der Waals surface area contributed by atoms with E-state index in [9.17, 15) is 29.7 Å². The fraction of sp³-hybridized carbons (Fsp3) is 0.363. The molecular weight excluding hydrogens is 1890 g/mol. The summed E-state index contributed by atoms with van der Waals surface area (Å²) in [5, 5.41) is 34.3. The third-order valence-corrected chi connectivity index (χ3v) is 27.5. The Bertz CT molecular complexity index is 5890. The highest BCUT2D eigenvalue weighted by Gasteiger charge is 2.27. The molecule has 0 bridgehead atoms. The molecule has 0 spiro atoms. The summed E-state index contributed by atoms with van der Waals surface area (Å²) in [7, 11) is 3.36. The second-order valence-electron chi connectivity index (χ2n) is 36.7. The van der Waals surface area contributed by atoms with Gasteiger partial charge < -0.3 is 53.1 Å². The molecule has 756 valence electrons. The van der Waals surface area contributed by atoms with Crippen molar-refractivity contribution in [2.45, 2.75) is 72.7 Å². The zero-order chi connectivity index (χ0) is 100. The van der Waals surface area contributed by atoms with Crippen molar-refractivity contribution in [3.05, 3.63) is 375 Å². The van der Waals surface area contributed by atoms with E-state index in [-0.39, 0.29) is 33.6 Å². The van der Waals surface area contributed by atoms with Crippen LogP contribution in [0.2, 0.25) is 20.1 Å². The van der Waals surface area contributed by atoms with E-state index in [1.807, 2.05) is 104 Å². The van der Waals surface area contributed by atoms with Crippen molar-refractivity contribution < 1.29 is 47.8 Å². The number of anilines is 4. The minimum Gasteiger partial charge on any atom is -0.497 e. The first-order valence-corrected chi connectivity index (χ1v) is 50.8. The number of β-amino-alcohol motifs (C(OH)–C–C–N with tert-alkyl or cyclic N) is 1. The number of halogens is 5. The first-order chi connectivity index (χ1) is 69.6. The molecule has 25 nitrogen and oxygen atoms in total. The van der Waals surface area contributed by atoms with E-state index in [2.05, 4.69) is 200 Å². The van der Waals surface area contributed by atoms with Crippen molar-refractivity contribution in [1.29, 1.82) is 0 Å². The quantitative estimate of drug-likeness (QED) is 0.0342. The Morgan fingerprint density at radius 3 is 1.22 bits per heavy atom. The largest absolute Gasteiger partial charge is 0.497 e. The van der Waals surface area contributed by atoms with Crippen LogP contribution in [0.4, 0.5) is 38.5 Å². The lowest BCUT2D eigenvalue weighted by molar-refractivity contribution is -0.385. The van der Waals surface area contributed by atoms with Gasteiger partial charge in [0.25, 0.3) is 11.4 Å². The summed E-state index contributed by atoms with van der Waals surface area (Å²) in [5.41, 5.74) is 16.6. The molecule has 19 rings (SSSR count). The number of methoxy groups -OCH3 is 2. The van der Waals surface area contributed by atoms with Crippen LogP contribution < -0.4 is 48.0 Å². The second-order valence-corrected chi connectivity index (χ2v) is 38.4. The van der Waals surface area contributed by atoms with Gasteiger partial charge in [0.05, 0.1) is 35.7 Å². The SMILES string of the molecule is CCOc1ccc(CN2CCN(c3ccccc3C)CC2)cc1.COc1ccc(OC)c(CN2CCN(Cc3ccc([N+](=O)[O-])cc3)CC2)c1.Cc1ccccc1N1CCN(Cc2ccc([N+](=O)[O-])cc2)CC1.Clc1ccc(N2CCN(Cc3ccc4c(c3)OCO4)CC2)cc1.Fc1ccc(CN2CCN(c3cccc(Cl)c3)CC2)cc1.OC(COc1ccc(Cl)cc1Cl)CN1CCN(Cc2ccccc2)CC1. The van der Waals surface area contributed by atoms with Crippen LogP contribution in [0.25, 0.3) is 0 Å². The van der Waals surface area contributed by atoms with Gasteiger partial charge in [-0.15, -0.1) is 0 Å². The number of fused-ring (bicyclic) bond motifs is 1. The van der Waals surface area contributed by atoms with Gasteiger partial charge in [-0.3, -0.25) is 59.4 Å². The normalized spacial score (nSPS) is 16.3. The molecule has 6 fully saturated rings. The number of hydrogen-bond acceptors (Lipinski definition) is 23. The molecule has 0 aromatic heterocycles. The van der Waals surface area contributed by atoms with Crippen LogP contribution >= 0.6 is 46.4 Å². The summed E-state index contributed by atoms with van der Waals surface area (Å²) in [6.45, 7) is 38.9. The highest BCUT2D eigenvalue weighted by molar-refractivity contribution is 6.35. The zero-order valence-corrected chi connectivity index (χ0v) is 85.6. The zero-order valence-electron chi connectivity index (χ0n) is 82.6. The van der Waals surface area contributed by atoms with E-state index in [0.29, 0.717) is 29.1 Å². The molecule has 0 saturated carbocycles. The van der Waals surface area contributed by atoms with Gasteiger partial charge in [-0.05, 0) is 193 Å². The van der Waals surface area contributed by atoms with Crippen molar-refractivity contribution in [2.75, 3.05) is 217 Å². The molecule has 0 amide bonds. The van der Waals surface area contributed by atoms with Gasteiger partial charge in [0.15, 0.2) is 11.5 Å². The number of aliphatic hydroxyl groups excluding tert-OH is 1. The molecule has 143 heavy (non-hydrogen) atoms. The number of aryl methyl sites for hydroxylation is 2. The summed E-state index contributed by atoms with van der Waals surface area (Å²) in [6, 6.07) is 89.9. The molecule has 12 aromatic rings. The van der Waals surface area contributed by atoms with Crippen LogP contribution in [0.1, 0.15) is 57.0 Å². The average Bonchev–Trinajstić information content (AvgIpc) is 1.63. The van der Waals surface area contributed by atoms with Gasteiger partial charge >= 0.3 is 0 Å². The molecule has 30 heteroatoms. The Hall–Kier alpha value is -11.8. The van der Waals surface area contributed by atoms with Crippen LogP contribution in [-0.4, -0.2) is 258 Å². The molecule has 1 atom stereocenters. The maximum absolute atomic E-state index is 12.9. The molecule has 7 aliphatic rings. The lowest BCUT2D eigenvalue weighted by Crippen LogP contribution is -2.48. The van der Waals surface area contributed by atoms with Gasteiger partial charge in [0.2, 0.25) is 6.79 Å². The minimum absolute atomic E-state index is 0.135. The summed E-state index contributed by atoms with van der Waals surface area (Å²) < 4.78 is 45.6. The molecule has 6 saturated heterocycles. The molecule has 7 heterocycles. The Kier molecular flexibility index (Phi) is 41.4. The summed E-state index contributed by atoms with van der Waals surface area (Å²) >= 11 is 24.0. The summed E-state index contributed by atoms with van der Waals surface area (Å²) in [4.78, 5) is 49.7. The Balaban J connectivity index is 0.000000136. The Morgan fingerprint density at radius 2 is 0.755 bits per heavy atom. The molecule has 1 unspecified atom stereocenters. The van der Waals surface area contributed by atoms with Crippen LogP contribution in [0.3, 0.4) is 0 Å². The maximum atomic E-state index is 12.9. The van der Waals surface area contributed by atoms with Gasteiger partial charge in [-0.25, -0.2) is 4.39 Å². The minimum atomic E-state index is -0.553. The fourth-order valence-electron chi connectivity index (χ4n) is 18.5. The van der Waals surface area contributed by atoms with Crippen molar-refractivity contribution in [3.8, 4) is 34.5 Å². The van der Waals surface area contributed by atoms with Crippen LogP contribution in [0.5, 0.6) is 34.5 Å². The number of piperazine rings is 6. The van der Waals surface area contributed by atoms with E-state index in [0.717, 1.165) is 271 Å². The van der Waals surface area contributed by atoms with Crippen molar-refractivity contribution >= 4 is 80.5 Å². The third-order valence-electron chi connectivity index (χ3n) is 26.5. The predicted molar refractivity (Wildman–Crippen MR) is 574 cm³/mol. The lowest BCUT2D eigenvalue weighted by atomic mass is 10.1. The number of benzene rings is 12. The van der Waals surface area contributed by atoms with Crippen LogP contribution in [0.15, 0.2) is 279 Å². The van der Waals surface area contributed by atoms with Gasteiger partial charge in [-0.1, -0.05) is 174 Å². The topological polar surface area (TPSA) is 201 Å². The second kappa shape index (κ2) is 55.3. The highest BCUT2D eigenvalue weighted by Crippen LogP contribution is 2.35. The fourth-order valence-corrected chi connectivity index (χ4v) is 19.2. The third kappa shape index (κ3) is 33.9. The number of ether oxygens (including phenoxy) is 6. The van der Waals surface area contributed by atoms with E-state index >= 15 is 0 Å². The molecular formula is C113H133Cl4FN14O11. The van der Waals surface area contributed by atoms with E-state index in [4.69, 9.17) is 74.8 Å². The van der Waals surface area contributed by atoms with Crippen molar-refractivity contribution in [1.82, 2.24) is 39.2 Å². The number of nitrogens with zero attached hydrogens (tertiary/aromatic N) is 14. The number of rotatable bonds is 29. The van der Waals surface area contributed by atoms with Crippen LogP contribution in [0, 0.1) is 39.9 Å². The lowest BCUT2D eigenvalue weighted by Gasteiger charge is -2.36.